The summed E-state index contributed by atoms with van der Waals surface area (Å²) in [7, 11) is 1.64. The second kappa shape index (κ2) is 5.55. The summed E-state index contributed by atoms with van der Waals surface area (Å²) in [5, 5.41) is 1.08. The molecule has 0 aliphatic carbocycles. The molecule has 20 heavy (non-hydrogen) atoms. The molecule has 1 heterocycles. The molecule has 3 heteroatoms. The minimum absolute atomic E-state index is 0.850. The van der Waals surface area contributed by atoms with E-state index < -0.39 is 0 Å². The van der Waals surface area contributed by atoms with Gasteiger partial charge in [-0.1, -0.05) is 36.4 Å². The van der Waals surface area contributed by atoms with Crippen molar-refractivity contribution >= 4 is 33.0 Å². The van der Waals surface area contributed by atoms with Crippen LogP contribution >= 0.6 is 15.9 Å². The minimum atomic E-state index is 0.850. The summed E-state index contributed by atoms with van der Waals surface area (Å²) in [6.45, 7) is 0. The molecule has 0 saturated heterocycles. The van der Waals surface area contributed by atoms with E-state index in [1.54, 1.807) is 13.4 Å². The Kier molecular flexibility index (Phi) is 3.61. The third kappa shape index (κ3) is 2.37. The van der Waals surface area contributed by atoms with Crippen LogP contribution in [0.2, 0.25) is 0 Å². The standard InChI is InChI=1S/C17H13BrO2/c1-19-10-9-12-5-2-3-7-14(12)16-11-13-6-4-8-15(18)17(13)20-16/h2-11H,1H3. The molecular formula is C17H13BrO2. The molecule has 0 fully saturated rings. The summed E-state index contributed by atoms with van der Waals surface area (Å²) in [5.74, 6) is 0.850. The average molecular weight is 329 g/mol. The number of benzene rings is 2. The highest BCUT2D eigenvalue weighted by molar-refractivity contribution is 9.10. The second-order valence-corrected chi connectivity index (χ2v) is 5.25. The molecule has 0 N–H and O–H groups in total. The maximum atomic E-state index is 5.98. The first kappa shape index (κ1) is 13.0. The molecule has 100 valence electrons. The predicted molar refractivity (Wildman–Crippen MR) is 85.4 cm³/mol. The molecule has 0 atom stereocenters. The lowest BCUT2D eigenvalue weighted by Gasteiger charge is -2.02. The summed E-state index contributed by atoms with van der Waals surface area (Å²) in [6.07, 6.45) is 3.59. The van der Waals surface area contributed by atoms with E-state index >= 15 is 0 Å². The first-order valence-corrected chi connectivity index (χ1v) is 7.05. The van der Waals surface area contributed by atoms with Gasteiger partial charge in [0, 0.05) is 10.9 Å². The summed E-state index contributed by atoms with van der Waals surface area (Å²) in [6, 6.07) is 16.2. The van der Waals surface area contributed by atoms with Gasteiger partial charge in [-0.15, -0.1) is 0 Å². The van der Waals surface area contributed by atoms with E-state index in [1.807, 2.05) is 48.5 Å². The van der Waals surface area contributed by atoms with E-state index in [4.69, 9.17) is 9.15 Å². The number of hydrogen-bond acceptors (Lipinski definition) is 2. The van der Waals surface area contributed by atoms with E-state index in [9.17, 15) is 0 Å². The Bertz CT molecular complexity index is 772. The highest BCUT2D eigenvalue weighted by atomic mass is 79.9. The summed E-state index contributed by atoms with van der Waals surface area (Å²) in [5.41, 5.74) is 2.97. The van der Waals surface area contributed by atoms with Crippen molar-refractivity contribution in [2.45, 2.75) is 0 Å². The minimum Gasteiger partial charge on any atom is -0.504 e. The van der Waals surface area contributed by atoms with Gasteiger partial charge < -0.3 is 9.15 Å². The van der Waals surface area contributed by atoms with E-state index in [1.165, 1.54) is 0 Å². The monoisotopic (exact) mass is 328 g/mol. The fraction of sp³-hybridized carbons (Fsp3) is 0.0588. The number of hydrogen-bond donors (Lipinski definition) is 0. The molecule has 3 rings (SSSR count). The molecule has 3 aromatic rings. The number of para-hydroxylation sites is 1. The number of rotatable bonds is 3. The van der Waals surface area contributed by atoms with Crippen molar-refractivity contribution in [2.24, 2.45) is 0 Å². The smallest absolute Gasteiger partial charge is 0.148 e. The largest absolute Gasteiger partial charge is 0.504 e. The lowest BCUT2D eigenvalue weighted by Crippen LogP contribution is -1.80. The van der Waals surface area contributed by atoms with Crippen LogP contribution in [0.1, 0.15) is 5.56 Å². The summed E-state index contributed by atoms with van der Waals surface area (Å²) >= 11 is 3.52. The molecule has 1 aromatic heterocycles. The molecular weight excluding hydrogens is 316 g/mol. The van der Waals surface area contributed by atoms with Crippen molar-refractivity contribution in [1.82, 2.24) is 0 Å². The SMILES string of the molecule is COC=Cc1ccccc1-c1cc2cccc(Br)c2o1. The molecule has 0 aliphatic heterocycles. The third-order valence-corrected chi connectivity index (χ3v) is 3.73. The zero-order valence-corrected chi connectivity index (χ0v) is 12.6. The van der Waals surface area contributed by atoms with Crippen LogP contribution in [0.25, 0.3) is 28.4 Å². The number of ether oxygens (including phenoxy) is 1. The second-order valence-electron chi connectivity index (χ2n) is 4.39. The van der Waals surface area contributed by atoms with Crippen molar-refractivity contribution < 1.29 is 9.15 Å². The molecule has 0 bridgehead atoms. The van der Waals surface area contributed by atoms with Crippen LogP contribution in [0.15, 0.2) is 63.7 Å². The highest BCUT2D eigenvalue weighted by Gasteiger charge is 2.10. The normalized spacial score (nSPS) is 11.3. The van der Waals surface area contributed by atoms with E-state index in [2.05, 4.69) is 22.0 Å². The Hall–Kier alpha value is -2.00. The van der Waals surface area contributed by atoms with Gasteiger partial charge in [0.1, 0.15) is 11.3 Å². The van der Waals surface area contributed by atoms with Gasteiger partial charge in [0.05, 0.1) is 17.8 Å². The van der Waals surface area contributed by atoms with E-state index in [-0.39, 0.29) is 0 Å². The van der Waals surface area contributed by atoms with Gasteiger partial charge in [-0.2, -0.15) is 0 Å². The molecule has 0 aliphatic rings. The van der Waals surface area contributed by atoms with Crippen LogP contribution in [0.4, 0.5) is 0 Å². The number of halogens is 1. The molecule has 2 nitrogen and oxygen atoms in total. The Labute approximate surface area is 125 Å². The molecule has 0 radical (unpaired) electrons. The maximum Gasteiger partial charge on any atom is 0.148 e. The Balaban J connectivity index is 2.16. The van der Waals surface area contributed by atoms with Crippen molar-refractivity contribution in [3.05, 3.63) is 64.8 Å². The number of fused-ring (bicyclic) bond motifs is 1. The molecule has 0 unspecified atom stereocenters. The zero-order valence-electron chi connectivity index (χ0n) is 11.0. The quantitative estimate of drug-likeness (QED) is 0.594. The van der Waals surface area contributed by atoms with Gasteiger partial charge in [-0.25, -0.2) is 0 Å². The first-order valence-electron chi connectivity index (χ1n) is 6.26. The number of methoxy groups -OCH3 is 1. The van der Waals surface area contributed by atoms with Crippen LogP contribution in [-0.4, -0.2) is 7.11 Å². The fourth-order valence-corrected chi connectivity index (χ4v) is 2.63. The summed E-state index contributed by atoms with van der Waals surface area (Å²) < 4.78 is 11.9. The number of furan rings is 1. The summed E-state index contributed by atoms with van der Waals surface area (Å²) in [4.78, 5) is 0. The van der Waals surface area contributed by atoms with Crippen molar-refractivity contribution in [3.8, 4) is 11.3 Å². The van der Waals surface area contributed by atoms with Gasteiger partial charge in [0.25, 0.3) is 0 Å². The van der Waals surface area contributed by atoms with E-state index in [0.29, 0.717) is 0 Å². The molecule has 0 amide bonds. The average Bonchev–Trinajstić information content (AvgIpc) is 2.91. The third-order valence-electron chi connectivity index (χ3n) is 3.11. The topological polar surface area (TPSA) is 22.4 Å². The van der Waals surface area contributed by atoms with Crippen LogP contribution < -0.4 is 0 Å². The van der Waals surface area contributed by atoms with Crippen LogP contribution in [0.5, 0.6) is 0 Å². The van der Waals surface area contributed by atoms with Crippen molar-refractivity contribution in [3.63, 3.8) is 0 Å². The van der Waals surface area contributed by atoms with Gasteiger partial charge in [-0.05, 0) is 39.7 Å². The van der Waals surface area contributed by atoms with Crippen molar-refractivity contribution in [1.29, 1.82) is 0 Å². The van der Waals surface area contributed by atoms with Crippen LogP contribution in [-0.2, 0) is 4.74 Å². The van der Waals surface area contributed by atoms with Gasteiger partial charge >= 0.3 is 0 Å². The maximum absolute atomic E-state index is 5.98. The fourth-order valence-electron chi connectivity index (χ4n) is 2.17. The van der Waals surface area contributed by atoms with Crippen molar-refractivity contribution in [2.75, 3.05) is 7.11 Å². The van der Waals surface area contributed by atoms with Gasteiger partial charge in [0.15, 0.2) is 0 Å². The van der Waals surface area contributed by atoms with Gasteiger partial charge in [0.2, 0.25) is 0 Å². The predicted octanol–water partition coefficient (Wildman–Crippen LogP) is 5.48. The zero-order chi connectivity index (χ0) is 13.9. The lowest BCUT2D eigenvalue weighted by molar-refractivity contribution is 0.341. The van der Waals surface area contributed by atoms with Gasteiger partial charge in [-0.3, -0.25) is 0 Å². The van der Waals surface area contributed by atoms with Crippen LogP contribution in [0, 0.1) is 0 Å². The molecule has 0 spiro atoms. The first-order chi connectivity index (χ1) is 9.79. The van der Waals surface area contributed by atoms with Crippen LogP contribution in [0.3, 0.4) is 0 Å². The Morgan fingerprint density at radius 2 is 1.95 bits per heavy atom. The van der Waals surface area contributed by atoms with E-state index in [0.717, 1.165) is 32.3 Å². The molecule has 2 aromatic carbocycles. The molecule has 0 saturated carbocycles. The lowest BCUT2D eigenvalue weighted by atomic mass is 10.1. The Morgan fingerprint density at radius 3 is 2.75 bits per heavy atom. The Morgan fingerprint density at radius 1 is 1.10 bits per heavy atom. The highest BCUT2D eigenvalue weighted by Crippen LogP contribution is 2.33.